The van der Waals surface area contributed by atoms with Crippen LogP contribution in [0.3, 0.4) is 0 Å². The van der Waals surface area contributed by atoms with Crippen molar-refractivity contribution in [1.82, 2.24) is 14.5 Å². The van der Waals surface area contributed by atoms with Gasteiger partial charge in [-0.05, 0) is 6.92 Å². The maximum atomic E-state index is 8.64. The summed E-state index contributed by atoms with van der Waals surface area (Å²) in [5.74, 6) is 1.15. The number of aryl methyl sites for hydroxylation is 1. The number of hydrogen-bond acceptors (Lipinski definition) is 5. The standard InChI is InChI=1S/C11H19N5O2/c1-9-13-2-3-16(9)5-4-15-6-7-18-10(8-15)11(12)14-17/h2-3,10,17H,4-8H2,1H3,(H2,12,14). The van der Waals surface area contributed by atoms with Crippen LogP contribution in [0.4, 0.5) is 0 Å². The molecule has 0 saturated carbocycles. The Kier molecular flexibility index (Phi) is 4.16. The van der Waals surface area contributed by atoms with Crippen LogP contribution in [0.1, 0.15) is 5.82 Å². The maximum Gasteiger partial charge on any atom is 0.169 e. The van der Waals surface area contributed by atoms with Crippen LogP contribution in [0.15, 0.2) is 17.5 Å². The predicted molar refractivity (Wildman–Crippen MR) is 66.6 cm³/mol. The highest BCUT2D eigenvalue weighted by Crippen LogP contribution is 2.06. The molecule has 7 heteroatoms. The Hall–Kier alpha value is -1.60. The largest absolute Gasteiger partial charge is 0.409 e. The molecule has 0 aromatic carbocycles. The van der Waals surface area contributed by atoms with Gasteiger partial charge in [0.1, 0.15) is 11.9 Å². The second-order valence-electron chi connectivity index (χ2n) is 4.35. The molecule has 2 heterocycles. The third-order valence-electron chi connectivity index (χ3n) is 3.18. The van der Waals surface area contributed by atoms with Crippen molar-refractivity contribution < 1.29 is 9.94 Å². The summed E-state index contributed by atoms with van der Waals surface area (Å²) in [5, 5.41) is 11.6. The zero-order valence-electron chi connectivity index (χ0n) is 10.5. The van der Waals surface area contributed by atoms with Crippen LogP contribution in [0.2, 0.25) is 0 Å². The number of aromatic nitrogens is 2. The van der Waals surface area contributed by atoms with Crippen molar-refractivity contribution in [2.75, 3.05) is 26.2 Å². The summed E-state index contributed by atoms with van der Waals surface area (Å²) in [6, 6.07) is 0. The van der Waals surface area contributed by atoms with Gasteiger partial charge in [-0.25, -0.2) is 4.98 Å². The van der Waals surface area contributed by atoms with E-state index in [0.717, 1.165) is 25.5 Å². The number of oxime groups is 1. The van der Waals surface area contributed by atoms with Crippen molar-refractivity contribution in [2.45, 2.75) is 19.6 Å². The second kappa shape index (κ2) is 5.83. The van der Waals surface area contributed by atoms with Gasteiger partial charge in [0.15, 0.2) is 5.84 Å². The van der Waals surface area contributed by atoms with Gasteiger partial charge in [-0.3, -0.25) is 4.90 Å². The van der Waals surface area contributed by atoms with Crippen LogP contribution < -0.4 is 5.73 Å². The van der Waals surface area contributed by atoms with Gasteiger partial charge in [-0.1, -0.05) is 5.16 Å². The Morgan fingerprint density at radius 1 is 1.67 bits per heavy atom. The maximum absolute atomic E-state index is 8.64. The SMILES string of the molecule is Cc1nccn1CCN1CCOC(C(N)=NO)C1. The van der Waals surface area contributed by atoms with Crippen LogP contribution in [0, 0.1) is 6.92 Å². The van der Waals surface area contributed by atoms with E-state index in [9.17, 15) is 0 Å². The van der Waals surface area contributed by atoms with Crippen LogP contribution in [0.25, 0.3) is 0 Å². The van der Waals surface area contributed by atoms with Gasteiger partial charge in [0, 0.05) is 38.6 Å². The lowest BCUT2D eigenvalue weighted by Crippen LogP contribution is -2.49. The van der Waals surface area contributed by atoms with Gasteiger partial charge < -0.3 is 20.2 Å². The molecule has 3 N–H and O–H groups in total. The lowest BCUT2D eigenvalue weighted by molar-refractivity contribution is 0.00351. The molecule has 7 nitrogen and oxygen atoms in total. The fraction of sp³-hybridized carbons (Fsp3) is 0.636. The van der Waals surface area contributed by atoms with E-state index in [-0.39, 0.29) is 11.9 Å². The number of amidine groups is 1. The number of nitrogens with two attached hydrogens (primary N) is 1. The first-order valence-electron chi connectivity index (χ1n) is 6.00. The van der Waals surface area contributed by atoms with E-state index in [1.54, 1.807) is 6.20 Å². The first-order valence-corrected chi connectivity index (χ1v) is 6.00. The molecule has 100 valence electrons. The summed E-state index contributed by atoms with van der Waals surface area (Å²) in [6.07, 6.45) is 3.46. The Morgan fingerprint density at radius 3 is 3.17 bits per heavy atom. The highest BCUT2D eigenvalue weighted by atomic mass is 16.5. The molecule has 1 aliphatic rings. The molecule has 0 bridgehead atoms. The summed E-state index contributed by atoms with van der Waals surface area (Å²) in [5.41, 5.74) is 5.56. The highest BCUT2D eigenvalue weighted by Gasteiger charge is 2.23. The molecule has 1 unspecified atom stereocenters. The lowest BCUT2D eigenvalue weighted by atomic mass is 10.2. The van der Waals surface area contributed by atoms with Crippen molar-refractivity contribution in [2.24, 2.45) is 10.9 Å². The van der Waals surface area contributed by atoms with Crippen LogP contribution in [0.5, 0.6) is 0 Å². The van der Waals surface area contributed by atoms with Crippen LogP contribution in [-0.2, 0) is 11.3 Å². The number of morpholine rings is 1. The fourth-order valence-corrected chi connectivity index (χ4v) is 2.04. The molecule has 0 radical (unpaired) electrons. The molecule has 1 atom stereocenters. The van der Waals surface area contributed by atoms with Crippen molar-refractivity contribution in [3.8, 4) is 0 Å². The van der Waals surface area contributed by atoms with Gasteiger partial charge in [0.25, 0.3) is 0 Å². The summed E-state index contributed by atoms with van der Waals surface area (Å²) >= 11 is 0. The summed E-state index contributed by atoms with van der Waals surface area (Å²) < 4.78 is 7.55. The first kappa shape index (κ1) is 12.8. The highest BCUT2D eigenvalue weighted by molar-refractivity contribution is 5.84. The topological polar surface area (TPSA) is 88.9 Å². The quantitative estimate of drug-likeness (QED) is 0.331. The molecule has 1 saturated heterocycles. The number of nitrogens with zero attached hydrogens (tertiary/aromatic N) is 4. The zero-order chi connectivity index (χ0) is 13.0. The predicted octanol–water partition coefficient (Wildman–Crippen LogP) is -0.361. The average molecular weight is 253 g/mol. The Bertz CT molecular complexity index is 417. The third kappa shape index (κ3) is 2.99. The minimum Gasteiger partial charge on any atom is -0.409 e. The molecular formula is C11H19N5O2. The minimum absolute atomic E-state index is 0.138. The number of rotatable bonds is 4. The van der Waals surface area contributed by atoms with Crippen molar-refractivity contribution >= 4 is 5.84 Å². The van der Waals surface area contributed by atoms with Gasteiger partial charge in [-0.15, -0.1) is 0 Å². The molecule has 1 fully saturated rings. The van der Waals surface area contributed by atoms with Gasteiger partial charge in [-0.2, -0.15) is 0 Å². The molecule has 2 rings (SSSR count). The molecule has 1 aliphatic heterocycles. The smallest absolute Gasteiger partial charge is 0.169 e. The zero-order valence-corrected chi connectivity index (χ0v) is 10.5. The van der Waals surface area contributed by atoms with Crippen LogP contribution >= 0.6 is 0 Å². The van der Waals surface area contributed by atoms with E-state index in [1.165, 1.54) is 0 Å². The molecule has 0 amide bonds. The third-order valence-corrected chi connectivity index (χ3v) is 3.18. The van der Waals surface area contributed by atoms with E-state index in [1.807, 2.05) is 13.1 Å². The summed E-state index contributed by atoms with van der Waals surface area (Å²) in [4.78, 5) is 6.43. The lowest BCUT2D eigenvalue weighted by Gasteiger charge is -2.32. The van der Waals surface area contributed by atoms with Crippen molar-refractivity contribution in [1.29, 1.82) is 0 Å². The first-order chi connectivity index (χ1) is 8.70. The van der Waals surface area contributed by atoms with E-state index < -0.39 is 0 Å². The summed E-state index contributed by atoms with van der Waals surface area (Å²) in [7, 11) is 0. The molecule has 1 aromatic heterocycles. The summed E-state index contributed by atoms with van der Waals surface area (Å²) in [6.45, 7) is 5.89. The van der Waals surface area contributed by atoms with E-state index in [0.29, 0.717) is 13.2 Å². The van der Waals surface area contributed by atoms with Crippen LogP contribution in [-0.4, -0.2) is 57.8 Å². The second-order valence-corrected chi connectivity index (χ2v) is 4.35. The molecule has 0 aliphatic carbocycles. The monoisotopic (exact) mass is 253 g/mol. The number of hydrogen-bond donors (Lipinski definition) is 2. The average Bonchev–Trinajstić information content (AvgIpc) is 2.81. The molecule has 1 aromatic rings. The van der Waals surface area contributed by atoms with Gasteiger partial charge >= 0.3 is 0 Å². The van der Waals surface area contributed by atoms with E-state index in [4.69, 9.17) is 15.7 Å². The van der Waals surface area contributed by atoms with E-state index >= 15 is 0 Å². The normalized spacial score (nSPS) is 22.3. The van der Waals surface area contributed by atoms with Crippen molar-refractivity contribution in [3.05, 3.63) is 18.2 Å². The number of ether oxygens (including phenoxy) is 1. The van der Waals surface area contributed by atoms with Crippen molar-refractivity contribution in [3.63, 3.8) is 0 Å². The molecule has 0 spiro atoms. The Morgan fingerprint density at radius 2 is 2.50 bits per heavy atom. The fourth-order valence-electron chi connectivity index (χ4n) is 2.04. The minimum atomic E-state index is -0.312. The van der Waals surface area contributed by atoms with E-state index in [2.05, 4.69) is 19.6 Å². The molecular weight excluding hydrogens is 234 g/mol. The number of imidazole rings is 1. The Balaban J connectivity index is 1.85. The molecule has 18 heavy (non-hydrogen) atoms. The van der Waals surface area contributed by atoms with Gasteiger partial charge in [0.2, 0.25) is 0 Å². The Labute approximate surface area is 106 Å². The van der Waals surface area contributed by atoms with Gasteiger partial charge in [0.05, 0.1) is 6.61 Å².